The number of benzene rings is 1. The van der Waals surface area contributed by atoms with Crippen LogP contribution in [0, 0.1) is 0 Å². The van der Waals surface area contributed by atoms with E-state index in [1.54, 1.807) is 18.2 Å². The lowest BCUT2D eigenvalue weighted by molar-refractivity contribution is 0.0599. The van der Waals surface area contributed by atoms with Gasteiger partial charge in [-0.25, -0.2) is 4.79 Å². The number of halogens is 1. The highest BCUT2D eigenvalue weighted by Gasteiger charge is 2.11. The van der Waals surface area contributed by atoms with Gasteiger partial charge in [-0.1, -0.05) is 17.7 Å². The number of hydrogen-bond donors (Lipinski definition) is 1. The van der Waals surface area contributed by atoms with E-state index in [1.807, 2.05) is 0 Å². The molecule has 0 atom stereocenters. The van der Waals surface area contributed by atoms with Crippen molar-refractivity contribution >= 4 is 17.6 Å². The highest BCUT2D eigenvalue weighted by Crippen LogP contribution is 2.17. The number of allylic oxidation sites excluding steroid dienone is 1. The van der Waals surface area contributed by atoms with Gasteiger partial charge < -0.3 is 9.84 Å². The van der Waals surface area contributed by atoms with Crippen LogP contribution in [-0.4, -0.2) is 18.2 Å². The maximum absolute atomic E-state index is 11.4. The highest BCUT2D eigenvalue weighted by atomic mass is 35.5. The Labute approximate surface area is 92.9 Å². The van der Waals surface area contributed by atoms with Gasteiger partial charge in [0, 0.05) is 5.02 Å². The Morgan fingerprint density at radius 3 is 2.93 bits per heavy atom. The zero-order valence-corrected chi connectivity index (χ0v) is 8.99. The summed E-state index contributed by atoms with van der Waals surface area (Å²) in [6, 6.07) is 4.97. The van der Waals surface area contributed by atoms with Crippen molar-refractivity contribution in [1.29, 1.82) is 0 Å². The molecule has 0 aliphatic heterocycles. The molecule has 0 radical (unpaired) electrons. The predicted octanol–water partition coefficient (Wildman–Crippen LogP) is 2.74. The molecule has 0 saturated carbocycles. The molecule has 0 heterocycles. The van der Waals surface area contributed by atoms with Crippen molar-refractivity contribution in [2.24, 2.45) is 0 Å². The van der Waals surface area contributed by atoms with E-state index < -0.39 is 5.97 Å². The monoisotopic (exact) mass is 226 g/mol. The SMILES string of the molecule is COC(=O)c1cc(Cl)ccc1CC=CO. The molecule has 80 valence electrons. The summed E-state index contributed by atoms with van der Waals surface area (Å²) < 4.78 is 4.63. The predicted molar refractivity (Wildman–Crippen MR) is 58.3 cm³/mol. The van der Waals surface area contributed by atoms with E-state index in [0.29, 0.717) is 17.0 Å². The maximum atomic E-state index is 11.4. The number of carbonyl (C=O) groups excluding carboxylic acids is 1. The molecule has 15 heavy (non-hydrogen) atoms. The minimum atomic E-state index is -0.432. The van der Waals surface area contributed by atoms with Crippen molar-refractivity contribution in [3.8, 4) is 0 Å². The normalized spacial score (nSPS) is 10.5. The third-order valence-corrected chi connectivity index (χ3v) is 2.16. The molecule has 4 heteroatoms. The lowest BCUT2D eigenvalue weighted by Gasteiger charge is -2.05. The second-order valence-corrected chi connectivity index (χ2v) is 3.32. The second-order valence-electron chi connectivity index (χ2n) is 2.88. The van der Waals surface area contributed by atoms with Gasteiger partial charge in [0.25, 0.3) is 0 Å². The van der Waals surface area contributed by atoms with Crippen LogP contribution in [0.25, 0.3) is 0 Å². The Kier molecular flexibility index (Phi) is 4.18. The molecule has 0 spiro atoms. The van der Waals surface area contributed by atoms with Crippen molar-refractivity contribution in [3.05, 3.63) is 46.7 Å². The van der Waals surface area contributed by atoms with Crippen molar-refractivity contribution in [2.45, 2.75) is 6.42 Å². The van der Waals surface area contributed by atoms with Gasteiger partial charge in [0.05, 0.1) is 18.9 Å². The van der Waals surface area contributed by atoms with Crippen LogP contribution < -0.4 is 0 Å². The number of carbonyl (C=O) groups is 1. The number of methoxy groups -OCH3 is 1. The van der Waals surface area contributed by atoms with Crippen LogP contribution in [0.2, 0.25) is 5.02 Å². The average molecular weight is 227 g/mol. The Hall–Kier alpha value is -1.48. The molecule has 0 aromatic heterocycles. The summed E-state index contributed by atoms with van der Waals surface area (Å²) in [7, 11) is 1.31. The number of ether oxygens (including phenoxy) is 1. The number of esters is 1. The van der Waals surface area contributed by atoms with Crippen molar-refractivity contribution in [2.75, 3.05) is 7.11 Å². The number of aliphatic hydroxyl groups is 1. The van der Waals surface area contributed by atoms with E-state index in [-0.39, 0.29) is 0 Å². The van der Waals surface area contributed by atoms with E-state index in [4.69, 9.17) is 16.7 Å². The molecule has 1 N–H and O–H groups in total. The summed E-state index contributed by atoms with van der Waals surface area (Å²) in [6.07, 6.45) is 2.93. The third-order valence-electron chi connectivity index (χ3n) is 1.92. The third kappa shape index (κ3) is 2.99. The molecular weight excluding hydrogens is 216 g/mol. The number of rotatable bonds is 3. The first-order chi connectivity index (χ1) is 7.19. The van der Waals surface area contributed by atoms with Crippen LogP contribution in [0.3, 0.4) is 0 Å². The van der Waals surface area contributed by atoms with Gasteiger partial charge in [-0.05, 0) is 30.2 Å². The van der Waals surface area contributed by atoms with Crippen LogP contribution in [0.1, 0.15) is 15.9 Å². The molecule has 0 fully saturated rings. The molecule has 0 aliphatic carbocycles. The zero-order chi connectivity index (χ0) is 11.3. The fraction of sp³-hybridized carbons (Fsp3) is 0.182. The first-order valence-electron chi connectivity index (χ1n) is 4.35. The molecular formula is C11H11ClO3. The van der Waals surface area contributed by atoms with Crippen LogP contribution in [-0.2, 0) is 11.2 Å². The van der Waals surface area contributed by atoms with Gasteiger partial charge in [-0.2, -0.15) is 0 Å². The van der Waals surface area contributed by atoms with Crippen LogP contribution in [0.4, 0.5) is 0 Å². The summed E-state index contributed by atoms with van der Waals surface area (Å²) >= 11 is 5.78. The summed E-state index contributed by atoms with van der Waals surface area (Å²) in [4.78, 5) is 11.4. The van der Waals surface area contributed by atoms with Gasteiger partial charge in [0.15, 0.2) is 0 Å². The smallest absolute Gasteiger partial charge is 0.338 e. The molecule has 1 rings (SSSR count). The number of aliphatic hydroxyl groups excluding tert-OH is 1. The Bertz CT molecular complexity index is 385. The molecule has 0 saturated heterocycles. The van der Waals surface area contributed by atoms with Gasteiger partial charge in [-0.15, -0.1) is 0 Å². The molecule has 0 aliphatic rings. The zero-order valence-electron chi connectivity index (χ0n) is 8.24. The van der Waals surface area contributed by atoms with Crippen molar-refractivity contribution in [1.82, 2.24) is 0 Å². The topological polar surface area (TPSA) is 46.5 Å². The second kappa shape index (κ2) is 5.41. The minimum absolute atomic E-state index is 0.420. The Morgan fingerprint density at radius 2 is 2.33 bits per heavy atom. The lowest BCUT2D eigenvalue weighted by atomic mass is 10.0. The first-order valence-corrected chi connectivity index (χ1v) is 4.72. The Morgan fingerprint density at radius 1 is 1.60 bits per heavy atom. The molecule has 3 nitrogen and oxygen atoms in total. The maximum Gasteiger partial charge on any atom is 0.338 e. The average Bonchev–Trinajstić information content (AvgIpc) is 2.26. The minimum Gasteiger partial charge on any atom is -0.516 e. The van der Waals surface area contributed by atoms with E-state index in [9.17, 15) is 4.79 Å². The molecule has 1 aromatic rings. The van der Waals surface area contributed by atoms with E-state index in [2.05, 4.69) is 4.74 Å². The first kappa shape index (κ1) is 11.6. The molecule has 0 unspecified atom stereocenters. The summed E-state index contributed by atoms with van der Waals surface area (Å²) in [5, 5.41) is 9.02. The molecule has 0 amide bonds. The summed E-state index contributed by atoms with van der Waals surface area (Å²) in [5.74, 6) is -0.432. The van der Waals surface area contributed by atoms with Gasteiger partial charge in [-0.3, -0.25) is 0 Å². The fourth-order valence-corrected chi connectivity index (χ4v) is 1.38. The van der Waals surface area contributed by atoms with E-state index in [1.165, 1.54) is 13.2 Å². The van der Waals surface area contributed by atoms with Gasteiger partial charge in [0.1, 0.15) is 0 Å². The largest absolute Gasteiger partial charge is 0.516 e. The quantitative estimate of drug-likeness (QED) is 0.637. The standard InChI is InChI=1S/C11H11ClO3/c1-15-11(14)10-7-9(12)5-4-8(10)3-2-6-13/h2,4-7,13H,3H2,1H3. The molecule has 1 aromatic carbocycles. The number of hydrogen-bond acceptors (Lipinski definition) is 3. The van der Waals surface area contributed by atoms with Crippen LogP contribution in [0.5, 0.6) is 0 Å². The van der Waals surface area contributed by atoms with E-state index >= 15 is 0 Å². The highest BCUT2D eigenvalue weighted by molar-refractivity contribution is 6.31. The van der Waals surface area contributed by atoms with Gasteiger partial charge >= 0.3 is 5.97 Å². The summed E-state index contributed by atoms with van der Waals surface area (Å²) in [6.45, 7) is 0. The van der Waals surface area contributed by atoms with Crippen molar-refractivity contribution in [3.63, 3.8) is 0 Å². The van der Waals surface area contributed by atoms with Crippen LogP contribution >= 0.6 is 11.6 Å². The van der Waals surface area contributed by atoms with E-state index in [0.717, 1.165) is 11.8 Å². The van der Waals surface area contributed by atoms with Gasteiger partial charge in [0.2, 0.25) is 0 Å². The molecule has 0 bridgehead atoms. The van der Waals surface area contributed by atoms with Crippen LogP contribution in [0.15, 0.2) is 30.5 Å². The fourth-order valence-electron chi connectivity index (χ4n) is 1.21. The lowest BCUT2D eigenvalue weighted by Crippen LogP contribution is -2.05. The van der Waals surface area contributed by atoms with Crippen molar-refractivity contribution < 1.29 is 14.6 Å². The summed E-state index contributed by atoms with van der Waals surface area (Å²) in [5.41, 5.74) is 1.18. The Balaban J connectivity index is 3.08.